The van der Waals surface area contributed by atoms with Crippen molar-refractivity contribution in [2.24, 2.45) is 5.92 Å². The summed E-state index contributed by atoms with van der Waals surface area (Å²) in [6.07, 6.45) is 3.20. The monoisotopic (exact) mass is 418 g/mol. The number of carbonyl (C=O) groups excluding carboxylic acids is 2. The Morgan fingerprint density at radius 3 is 2.52 bits per heavy atom. The van der Waals surface area contributed by atoms with E-state index in [-0.39, 0.29) is 18.1 Å². The van der Waals surface area contributed by atoms with Crippen LogP contribution in [0, 0.1) is 5.92 Å². The first-order chi connectivity index (χ1) is 13.6. The lowest BCUT2D eigenvalue weighted by Gasteiger charge is -2.31. The zero-order chi connectivity index (χ0) is 21.2. The van der Waals surface area contributed by atoms with Gasteiger partial charge in [0.1, 0.15) is 5.60 Å². The molecule has 1 fully saturated rings. The Kier molecular flexibility index (Phi) is 5.89. The van der Waals surface area contributed by atoms with E-state index in [1.807, 2.05) is 45.9 Å². The highest BCUT2D eigenvalue weighted by atomic mass is 35.5. The zero-order valence-electron chi connectivity index (χ0n) is 17.2. The van der Waals surface area contributed by atoms with Crippen LogP contribution in [-0.4, -0.2) is 39.5 Å². The fourth-order valence-electron chi connectivity index (χ4n) is 3.12. The van der Waals surface area contributed by atoms with E-state index < -0.39 is 17.2 Å². The first-order valence-corrected chi connectivity index (χ1v) is 10.1. The van der Waals surface area contributed by atoms with E-state index in [0.29, 0.717) is 16.6 Å². The number of halogens is 1. The Labute approximate surface area is 175 Å². The Morgan fingerprint density at radius 2 is 1.90 bits per heavy atom. The van der Waals surface area contributed by atoms with Crippen molar-refractivity contribution in [2.75, 3.05) is 6.54 Å². The predicted octanol–water partition coefficient (Wildman–Crippen LogP) is 3.95. The van der Waals surface area contributed by atoms with Crippen molar-refractivity contribution < 1.29 is 14.3 Å². The number of alkyl carbamates (subject to hydrolysis) is 1. The number of ether oxygens (including phenoxy) is 1. The minimum atomic E-state index is -0.581. The minimum absolute atomic E-state index is 0.281. The van der Waals surface area contributed by atoms with Gasteiger partial charge in [-0.25, -0.2) is 9.48 Å². The zero-order valence-corrected chi connectivity index (χ0v) is 17.9. The summed E-state index contributed by atoms with van der Waals surface area (Å²) in [6, 6.07) is 8.94. The molecule has 0 spiro atoms. The fraction of sp³-hybridized carbons (Fsp3) is 0.476. The van der Waals surface area contributed by atoms with Gasteiger partial charge in [0.05, 0.1) is 16.2 Å². The lowest BCUT2D eigenvalue weighted by molar-refractivity contribution is 0.0502. The molecule has 7 nitrogen and oxygen atoms in total. The number of carbonyl (C=O) groups is 2. The third kappa shape index (κ3) is 5.50. The van der Waals surface area contributed by atoms with E-state index in [4.69, 9.17) is 16.3 Å². The van der Waals surface area contributed by atoms with Crippen LogP contribution in [0.2, 0.25) is 5.02 Å². The molecule has 1 aliphatic rings. The first-order valence-electron chi connectivity index (χ1n) is 9.67. The van der Waals surface area contributed by atoms with Gasteiger partial charge in [-0.15, -0.1) is 0 Å². The molecule has 156 valence electrons. The Morgan fingerprint density at radius 1 is 1.21 bits per heavy atom. The van der Waals surface area contributed by atoms with E-state index in [1.54, 1.807) is 23.0 Å². The predicted molar refractivity (Wildman–Crippen MR) is 111 cm³/mol. The van der Waals surface area contributed by atoms with Crippen molar-refractivity contribution in [3.63, 3.8) is 0 Å². The second-order valence-electron chi connectivity index (χ2n) is 8.60. The number of hydrogen-bond acceptors (Lipinski definition) is 4. The van der Waals surface area contributed by atoms with Crippen LogP contribution in [0.25, 0.3) is 5.69 Å². The van der Waals surface area contributed by atoms with Gasteiger partial charge < -0.3 is 15.4 Å². The molecule has 2 amide bonds. The summed E-state index contributed by atoms with van der Waals surface area (Å²) in [4.78, 5) is 24.9. The Hall–Kier alpha value is -2.54. The molecule has 1 aliphatic carbocycles. The van der Waals surface area contributed by atoms with E-state index in [9.17, 15) is 9.59 Å². The van der Waals surface area contributed by atoms with Crippen molar-refractivity contribution in [1.29, 1.82) is 0 Å². The van der Waals surface area contributed by atoms with Gasteiger partial charge in [-0.05, 0) is 64.7 Å². The SMILES string of the molecule is CC(C)(C)OC(=O)NCC(C)(NC(=O)c1ccn(-c2ccccc2Cl)n1)C1CC1. The van der Waals surface area contributed by atoms with E-state index in [2.05, 4.69) is 15.7 Å². The normalized spacial score (nSPS) is 16.0. The van der Waals surface area contributed by atoms with Gasteiger partial charge in [0.15, 0.2) is 5.69 Å². The highest BCUT2D eigenvalue weighted by molar-refractivity contribution is 6.32. The summed E-state index contributed by atoms with van der Waals surface area (Å²) in [5.74, 6) is 0.00299. The maximum absolute atomic E-state index is 12.8. The lowest BCUT2D eigenvalue weighted by Crippen LogP contribution is -2.55. The average molecular weight is 419 g/mol. The van der Waals surface area contributed by atoms with Crippen LogP contribution in [0.5, 0.6) is 0 Å². The molecule has 1 unspecified atom stereocenters. The summed E-state index contributed by atoms with van der Waals surface area (Å²) in [5, 5.41) is 10.7. The maximum Gasteiger partial charge on any atom is 0.407 e. The highest BCUT2D eigenvalue weighted by Gasteiger charge is 2.43. The molecule has 2 aromatic rings. The summed E-state index contributed by atoms with van der Waals surface area (Å²) < 4.78 is 6.87. The van der Waals surface area contributed by atoms with Crippen LogP contribution in [0.15, 0.2) is 36.5 Å². The molecule has 1 aromatic carbocycles. The Balaban J connectivity index is 1.67. The second kappa shape index (κ2) is 8.06. The van der Waals surface area contributed by atoms with E-state index in [1.165, 1.54) is 0 Å². The molecular formula is C21H27ClN4O3. The quantitative estimate of drug-likeness (QED) is 0.743. The number of aromatic nitrogens is 2. The van der Waals surface area contributed by atoms with Gasteiger partial charge in [-0.1, -0.05) is 23.7 Å². The van der Waals surface area contributed by atoms with E-state index >= 15 is 0 Å². The summed E-state index contributed by atoms with van der Waals surface area (Å²) >= 11 is 6.21. The van der Waals surface area contributed by atoms with Gasteiger partial charge >= 0.3 is 6.09 Å². The fourth-order valence-corrected chi connectivity index (χ4v) is 3.34. The number of hydrogen-bond donors (Lipinski definition) is 2. The lowest BCUT2D eigenvalue weighted by atomic mass is 9.95. The molecule has 29 heavy (non-hydrogen) atoms. The molecule has 3 rings (SSSR count). The molecule has 0 aliphatic heterocycles. The number of benzene rings is 1. The molecule has 1 heterocycles. The van der Waals surface area contributed by atoms with Crippen LogP contribution in [0.1, 0.15) is 51.0 Å². The van der Waals surface area contributed by atoms with Crippen molar-refractivity contribution in [3.05, 3.63) is 47.2 Å². The molecule has 0 radical (unpaired) electrons. The maximum atomic E-state index is 12.8. The minimum Gasteiger partial charge on any atom is -0.444 e. The summed E-state index contributed by atoms with van der Waals surface area (Å²) in [7, 11) is 0. The number of nitrogens with one attached hydrogen (secondary N) is 2. The third-order valence-corrected chi connectivity index (χ3v) is 5.12. The smallest absolute Gasteiger partial charge is 0.407 e. The topological polar surface area (TPSA) is 85.3 Å². The first kappa shape index (κ1) is 21.2. The van der Waals surface area contributed by atoms with Gasteiger partial charge in [0, 0.05) is 12.7 Å². The number of rotatable bonds is 6. The summed E-state index contributed by atoms with van der Waals surface area (Å²) in [6.45, 7) is 7.64. The van der Waals surface area contributed by atoms with Gasteiger partial charge in [0.2, 0.25) is 0 Å². The van der Waals surface area contributed by atoms with E-state index in [0.717, 1.165) is 12.8 Å². The molecule has 2 N–H and O–H groups in total. The van der Waals surface area contributed by atoms with Crippen molar-refractivity contribution in [2.45, 2.75) is 51.7 Å². The number of para-hydroxylation sites is 1. The molecule has 1 atom stereocenters. The number of nitrogens with zero attached hydrogens (tertiary/aromatic N) is 2. The standard InChI is InChI=1S/C21H27ClN4O3/c1-20(2,3)29-19(28)23-13-21(4,14-9-10-14)24-18(27)16-11-12-26(25-16)17-8-6-5-7-15(17)22/h5-8,11-12,14H,9-10,13H2,1-4H3,(H,23,28)(H,24,27). The molecule has 8 heteroatoms. The van der Waals surface area contributed by atoms with Crippen LogP contribution in [0.4, 0.5) is 4.79 Å². The largest absolute Gasteiger partial charge is 0.444 e. The molecule has 0 bridgehead atoms. The average Bonchev–Trinajstić information content (AvgIpc) is 3.37. The van der Waals surface area contributed by atoms with Crippen molar-refractivity contribution >= 4 is 23.6 Å². The molecule has 1 saturated carbocycles. The molecule has 1 aromatic heterocycles. The van der Waals surface area contributed by atoms with Gasteiger partial charge in [0.25, 0.3) is 5.91 Å². The van der Waals surface area contributed by atoms with Crippen LogP contribution >= 0.6 is 11.6 Å². The van der Waals surface area contributed by atoms with Crippen molar-refractivity contribution in [1.82, 2.24) is 20.4 Å². The molecular weight excluding hydrogens is 392 g/mol. The number of amides is 2. The van der Waals surface area contributed by atoms with Crippen molar-refractivity contribution in [3.8, 4) is 5.69 Å². The van der Waals surface area contributed by atoms with Crippen LogP contribution in [-0.2, 0) is 4.74 Å². The molecule has 0 saturated heterocycles. The third-order valence-electron chi connectivity index (χ3n) is 4.80. The summed E-state index contributed by atoms with van der Waals surface area (Å²) in [5.41, 5.74) is -0.171. The highest BCUT2D eigenvalue weighted by Crippen LogP contribution is 2.39. The second-order valence-corrected chi connectivity index (χ2v) is 9.01. The van der Waals surface area contributed by atoms with Gasteiger partial charge in [-0.3, -0.25) is 4.79 Å². The van der Waals surface area contributed by atoms with Crippen LogP contribution in [0.3, 0.4) is 0 Å². The Bertz CT molecular complexity index is 901. The van der Waals surface area contributed by atoms with Gasteiger partial charge in [-0.2, -0.15) is 5.10 Å². The van der Waals surface area contributed by atoms with Crippen LogP contribution < -0.4 is 10.6 Å².